The van der Waals surface area contributed by atoms with Crippen LogP contribution in [-0.2, 0) is 0 Å². The van der Waals surface area contributed by atoms with Crippen molar-refractivity contribution >= 4 is 17.5 Å². The highest BCUT2D eigenvalue weighted by Crippen LogP contribution is 2.30. The second kappa shape index (κ2) is 6.15. The van der Waals surface area contributed by atoms with Gasteiger partial charge >= 0.3 is 0 Å². The van der Waals surface area contributed by atoms with Crippen molar-refractivity contribution in [2.45, 2.75) is 19.4 Å². The number of benzene rings is 1. The lowest BCUT2D eigenvalue weighted by molar-refractivity contribution is 0.0732. The van der Waals surface area contributed by atoms with Crippen LogP contribution in [0.3, 0.4) is 0 Å². The number of halogens is 1. The molecule has 3 rings (SSSR count). The van der Waals surface area contributed by atoms with Crippen molar-refractivity contribution in [2.75, 3.05) is 13.1 Å². The van der Waals surface area contributed by atoms with Gasteiger partial charge in [-0.05, 0) is 37.6 Å². The number of amides is 1. The summed E-state index contributed by atoms with van der Waals surface area (Å²) >= 11 is 6.15. The van der Waals surface area contributed by atoms with Crippen LogP contribution in [0.5, 0.6) is 0 Å². The summed E-state index contributed by atoms with van der Waals surface area (Å²) in [6.07, 6.45) is 0.426. The second-order valence-electron chi connectivity index (χ2n) is 5.68. The van der Waals surface area contributed by atoms with Gasteiger partial charge in [0.05, 0.1) is 11.1 Å². The Morgan fingerprint density at radius 2 is 2.14 bits per heavy atom. The normalized spacial score (nSPS) is 19.4. The molecule has 1 amide bonds. The van der Waals surface area contributed by atoms with E-state index in [0.29, 0.717) is 29.6 Å². The summed E-state index contributed by atoms with van der Waals surface area (Å²) in [6, 6.07) is 10.8. The average molecular weight is 320 g/mol. The molecule has 2 heterocycles. The molecule has 1 aliphatic heterocycles. The summed E-state index contributed by atoms with van der Waals surface area (Å²) in [7, 11) is 0. The van der Waals surface area contributed by atoms with Crippen molar-refractivity contribution < 1.29 is 14.3 Å². The van der Waals surface area contributed by atoms with Gasteiger partial charge in [0.25, 0.3) is 5.91 Å². The molecule has 4 nitrogen and oxygen atoms in total. The molecule has 1 aliphatic rings. The number of likely N-dealkylation sites (tertiary alicyclic amines) is 1. The largest absolute Gasteiger partial charge is 0.451 e. The highest BCUT2D eigenvalue weighted by Gasteiger charge is 2.30. The molecule has 0 aliphatic carbocycles. The molecule has 0 saturated carbocycles. The van der Waals surface area contributed by atoms with Crippen molar-refractivity contribution in [3.05, 3.63) is 47.2 Å². The molecule has 2 atom stereocenters. The van der Waals surface area contributed by atoms with Crippen molar-refractivity contribution in [3.8, 4) is 11.3 Å². The van der Waals surface area contributed by atoms with Crippen LogP contribution in [-0.4, -0.2) is 35.1 Å². The van der Waals surface area contributed by atoms with Crippen molar-refractivity contribution in [2.24, 2.45) is 5.92 Å². The Morgan fingerprint density at radius 3 is 2.82 bits per heavy atom. The van der Waals surface area contributed by atoms with Crippen LogP contribution in [0.4, 0.5) is 0 Å². The number of furan rings is 1. The number of hydrogen-bond donors (Lipinski definition) is 1. The van der Waals surface area contributed by atoms with Crippen LogP contribution in [0.2, 0.25) is 5.02 Å². The first-order valence-corrected chi connectivity index (χ1v) is 7.76. The Kier molecular flexibility index (Phi) is 4.23. The molecule has 2 aromatic rings. The molecule has 1 fully saturated rings. The summed E-state index contributed by atoms with van der Waals surface area (Å²) in [5.41, 5.74) is 0.770. The first kappa shape index (κ1) is 15.1. The minimum Gasteiger partial charge on any atom is -0.451 e. The second-order valence-corrected chi connectivity index (χ2v) is 6.09. The molecule has 116 valence electrons. The SMILES string of the molecule is CC(O)C1CCN(C(=O)c2ccc(-c3ccccc3Cl)o2)C1. The predicted octanol–water partition coefficient (Wildman–Crippen LogP) is 3.44. The van der Waals surface area contributed by atoms with Crippen LogP contribution < -0.4 is 0 Å². The van der Waals surface area contributed by atoms with E-state index in [-0.39, 0.29) is 11.8 Å². The smallest absolute Gasteiger partial charge is 0.289 e. The molecule has 1 N–H and O–H groups in total. The topological polar surface area (TPSA) is 53.7 Å². The van der Waals surface area contributed by atoms with E-state index in [9.17, 15) is 9.90 Å². The number of aliphatic hydroxyl groups excluding tert-OH is 1. The number of carbonyl (C=O) groups excluding carboxylic acids is 1. The Labute approximate surface area is 134 Å². The quantitative estimate of drug-likeness (QED) is 0.942. The lowest BCUT2D eigenvalue weighted by atomic mass is 10.0. The Bertz CT molecular complexity index is 680. The summed E-state index contributed by atoms with van der Waals surface area (Å²) in [5, 5.41) is 10.2. The van der Waals surface area contributed by atoms with E-state index in [1.54, 1.807) is 30.0 Å². The number of nitrogens with zero attached hydrogens (tertiary/aromatic N) is 1. The van der Waals surface area contributed by atoms with Crippen LogP contribution in [0.15, 0.2) is 40.8 Å². The number of carbonyl (C=O) groups is 1. The number of hydrogen-bond acceptors (Lipinski definition) is 3. The highest BCUT2D eigenvalue weighted by molar-refractivity contribution is 6.33. The first-order valence-electron chi connectivity index (χ1n) is 7.38. The summed E-state index contributed by atoms with van der Waals surface area (Å²) in [4.78, 5) is 14.2. The van der Waals surface area contributed by atoms with Gasteiger partial charge in [-0.2, -0.15) is 0 Å². The third-order valence-electron chi connectivity index (χ3n) is 4.15. The van der Waals surface area contributed by atoms with Crippen molar-refractivity contribution in [3.63, 3.8) is 0 Å². The minimum absolute atomic E-state index is 0.138. The van der Waals surface area contributed by atoms with Crippen LogP contribution in [0.1, 0.15) is 23.9 Å². The minimum atomic E-state index is -0.395. The molecular formula is C17H18ClNO3. The molecule has 0 spiro atoms. The van der Waals surface area contributed by atoms with E-state index in [1.807, 2.05) is 18.2 Å². The maximum Gasteiger partial charge on any atom is 0.289 e. The molecule has 0 radical (unpaired) electrons. The third-order valence-corrected chi connectivity index (χ3v) is 4.48. The standard InChI is InChI=1S/C17H18ClNO3/c1-11(20)12-8-9-19(10-12)17(21)16-7-6-15(22-16)13-4-2-3-5-14(13)18/h2-7,11-12,20H,8-10H2,1H3. The van der Waals surface area contributed by atoms with Gasteiger partial charge in [-0.1, -0.05) is 23.7 Å². The molecule has 1 aromatic heterocycles. The van der Waals surface area contributed by atoms with Gasteiger partial charge < -0.3 is 14.4 Å². The van der Waals surface area contributed by atoms with Gasteiger partial charge in [0.2, 0.25) is 0 Å². The summed E-state index contributed by atoms with van der Waals surface area (Å²) in [5.74, 6) is 0.893. The van der Waals surface area contributed by atoms with Gasteiger partial charge in [0.1, 0.15) is 5.76 Å². The monoisotopic (exact) mass is 319 g/mol. The molecule has 0 bridgehead atoms. The highest BCUT2D eigenvalue weighted by atomic mass is 35.5. The van der Waals surface area contributed by atoms with E-state index >= 15 is 0 Å². The van der Waals surface area contributed by atoms with E-state index < -0.39 is 6.10 Å². The molecule has 22 heavy (non-hydrogen) atoms. The maximum atomic E-state index is 12.5. The molecule has 5 heteroatoms. The van der Waals surface area contributed by atoms with Gasteiger partial charge in [-0.15, -0.1) is 0 Å². The van der Waals surface area contributed by atoms with Crippen molar-refractivity contribution in [1.29, 1.82) is 0 Å². The zero-order valence-corrected chi connectivity index (χ0v) is 13.1. The number of rotatable bonds is 3. The van der Waals surface area contributed by atoms with Gasteiger partial charge in [-0.3, -0.25) is 4.79 Å². The summed E-state index contributed by atoms with van der Waals surface area (Å²) in [6.45, 7) is 2.98. The molecule has 2 unspecified atom stereocenters. The van der Waals surface area contributed by atoms with Gasteiger partial charge in [0.15, 0.2) is 5.76 Å². The third kappa shape index (κ3) is 2.89. The Morgan fingerprint density at radius 1 is 1.36 bits per heavy atom. The molecular weight excluding hydrogens is 302 g/mol. The maximum absolute atomic E-state index is 12.5. The molecule has 1 aromatic carbocycles. The zero-order chi connectivity index (χ0) is 15.7. The zero-order valence-electron chi connectivity index (χ0n) is 12.3. The summed E-state index contributed by atoms with van der Waals surface area (Å²) < 4.78 is 5.68. The lowest BCUT2D eigenvalue weighted by Gasteiger charge is -2.16. The lowest BCUT2D eigenvalue weighted by Crippen LogP contribution is -2.30. The van der Waals surface area contributed by atoms with E-state index in [2.05, 4.69) is 0 Å². The fourth-order valence-corrected chi connectivity index (χ4v) is 3.01. The predicted molar refractivity (Wildman–Crippen MR) is 84.8 cm³/mol. The fourth-order valence-electron chi connectivity index (χ4n) is 2.78. The van der Waals surface area contributed by atoms with E-state index in [1.165, 1.54) is 0 Å². The van der Waals surface area contributed by atoms with Gasteiger partial charge in [0, 0.05) is 24.6 Å². The van der Waals surface area contributed by atoms with E-state index in [0.717, 1.165) is 12.0 Å². The van der Waals surface area contributed by atoms with E-state index in [4.69, 9.17) is 16.0 Å². The fraction of sp³-hybridized carbons (Fsp3) is 0.353. The Hall–Kier alpha value is -1.78. The van der Waals surface area contributed by atoms with Gasteiger partial charge in [-0.25, -0.2) is 0 Å². The number of aliphatic hydroxyl groups is 1. The first-order chi connectivity index (χ1) is 10.6. The Balaban J connectivity index is 1.77. The van der Waals surface area contributed by atoms with Crippen LogP contribution in [0, 0.1) is 5.92 Å². The average Bonchev–Trinajstić information content (AvgIpc) is 3.17. The van der Waals surface area contributed by atoms with Crippen molar-refractivity contribution in [1.82, 2.24) is 4.90 Å². The van der Waals surface area contributed by atoms with Crippen LogP contribution in [0.25, 0.3) is 11.3 Å². The molecule has 1 saturated heterocycles. The van der Waals surface area contributed by atoms with Crippen LogP contribution >= 0.6 is 11.6 Å².